The van der Waals surface area contributed by atoms with E-state index >= 15 is 4.39 Å². The molecule has 0 spiro atoms. The number of nitrogens with one attached hydrogen (secondary N) is 1. The second-order valence-electron chi connectivity index (χ2n) is 8.11. The summed E-state index contributed by atoms with van der Waals surface area (Å²) in [5.41, 5.74) is 1.19. The fourth-order valence-electron chi connectivity index (χ4n) is 4.17. The summed E-state index contributed by atoms with van der Waals surface area (Å²) >= 11 is 0. The van der Waals surface area contributed by atoms with Gasteiger partial charge in [-0.3, -0.25) is 4.90 Å². The quantitative estimate of drug-likeness (QED) is 0.423. The molecule has 1 fully saturated rings. The van der Waals surface area contributed by atoms with Crippen LogP contribution < -0.4 is 10.1 Å². The van der Waals surface area contributed by atoms with E-state index in [2.05, 4.69) is 25.7 Å². The molecule has 180 valence electrons. The van der Waals surface area contributed by atoms with E-state index in [0.717, 1.165) is 15.4 Å². The largest absolute Gasteiger partial charge is 0.479 e. The summed E-state index contributed by atoms with van der Waals surface area (Å²) in [7, 11) is 2.89. The second-order valence-corrected chi connectivity index (χ2v) is 8.11. The van der Waals surface area contributed by atoms with Gasteiger partial charge in [0.1, 0.15) is 23.6 Å². The van der Waals surface area contributed by atoms with Crippen molar-refractivity contribution in [2.45, 2.75) is 24.9 Å². The molecule has 1 unspecified atom stereocenters. The minimum atomic E-state index is -3.00. The lowest BCUT2D eigenvalue weighted by Crippen LogP contribution is -2.38. The van der Waals surface area contributed by atoms with Gasteiger partial charge in [0, 0.05) is 6.54 Å². The number of alkyl halides is 4. The highest BCUT2D eigenvalue weighted by atomic mass is 19.3. The molecule has 34 heavy (non-hydrogen) atoms. The van der Waals surface area contributed by atoms with Crippen LogP contribution in [0.4, 0.5) is 27.9 Å². The van der Waals surface area contributed by atoms with Crippen molar-refractivity contribution in [3.05, 3.63) is 30.2 Å². The Hall–Kier alpha value is -3.55. The highest BCUT2D eigenvalue weighted by Gasteiger charge is 2.47. The summed E-state index contributed by atoms with van der Waals surface area (Å²) in [6, 6.07) is 3.34. The van der Waals surface area contributed by atoms with Crippen molar-refractivity contribution in [1.29, 1.82) is 0 Å². The van der Waals surface area contributed by atoms with E-state index in [0.29, 0.717) is 16.6 Å². The van der Waals surface area contributed by atoms with Gasteiger partial charge in [0.15, 0.2) is 5.82 Å². The van der Waals surface area contributed by atoms with Crippen molar-refractivity contribution < 1.29 is 26.7 Å². The number of anilines is 1. The summed E-state index contributed by atoms with van der Waals surface area (Å²) in [6.45, 7) is -1.00. The van der Waals surface area contributed by atoms with Gasteiger partial charge in [0.2, 0.25) is 11.8 Å². The number of likely N-dealkylation sites (tertiary alicyclic amines) is 1. The first-order valence-electron chi connectivity index (χ1n) is 10.2. The van der Waals surface area contributed by atoms with Crippen LogP contribution in [0, 0.1) is 5.82 Å². The van der Waals surface area contributed by atoms with Gasteiger partial charge in [-0.2, -0.15) is 4.98 Å². The summed E-state index contributed by atoms with van der Waals surface area (Å²) in [5.74, 6) is -3.90. The molecule has 14 heteroatoms. The van der Waals surface area contributed by atoms with E-state index in [1.165, 1.54) is 24.1 Å². The number of hydrogen-bond acceptors (Lipinski definition) is 7. The number of likely N-dealkylation sites (N-methyl/N-ethyl adjacent to an activating group) is 1. The van der Waals surface area contributed by atoms with Crippen molar-refractivity contribution in [3.63, 3.8) is 0 Å². The zero-order valence-corrected chi connectivity index (χ0v) is 18.0. The maximum atomic E-state index is 15.1. The van der Waals surface area contributed by atoms with Gasteiger partial charge in [-0.1, -0.05) is 11.3 Å². The van der Waals surface area contributed by atoms with Crippen molar-refractivity contribution in [3.8, 4) is 17.0 Å². The monoisotopic (exact) mass is 482 g/mol. The number of halogens is 5. The first kappa shape index (κ1) is 22.3. The van der Waals surface area contributed by atoms with E-state index in [-0.39, 0.29) is 29.5 Å². The van der Waals surface area contributed by atoms with Gasteiger partial charge >= 0.3 is 0 Å². The Morgan fingerprint density at radius 2 is 2.09 bits per heavy atom. The summed E-state index contributed by atoms with van der Waals surface area (Å²) < 4.78 is 76.8. The molecule has 0 saturated carbocycles. The third-order valence-electron chi connectivity index (χ3n) is 5.65. The maximum absolute atomic E-state index is 15.1. The van der Waals surface area contributed by atoms with E-state index in [1.54, 1.807) is 13.1 Å². The molecule has 3 aromatic heterocycles. The van der Waals surface area contributed by atoms with Crippen LogP contribution in [0.3, 0.4) is 0 Å². The molecule has 1 aliphatic rings. The Morgan fingerprint density at radius 1 is 1.29 bits per heavy atom. The number of aromatic nitrogens is 6. The van der Waals surface area contributed by atoms with Crippen LogP contribution in [-0.4, -0.2) is 80.1 Å². The van der Waals surface area contributed by atoms with Crippen LogP contribution in [0.25, 0.3) is 27.7 Å². The average Bonchev–Trinajstić information content (AvgIpc) is 3.39. The van der Waals surface area contributed by atoms with Crippen LogP contribution in [0.2, 0.25) is 0 Å². The molecule has 0 radical (unpaired) electrons. The maximum Gasteiger partial charge on any atom is 0.281 e. The van der Waals surface area contributed by atoms with Gasteiger partial charge in [-0.25, -0.2) is 31.1 Å². The number of nitrogens with zero attached hydrogens (tertiary/aromatic N) is 7. The number of benzene rings is 1. The van der Waals surface area contributed by atoms with Crippen molar-refractivity contribution >= 4 is 22.5 Å². The molecule has 1 atom stereocenters. The molecular formula is C20H19F5N8O. The Labute approximate surface area is 189 Å². The number of hydrogen-bond donors (Lipinski definition) is 1. The molecule has 0 amide bonds. The van der Waals surface area contributed by atoms with Crippen molar-refractivity contribution in [2.24, 2.45) is 0 Å². The minimum absolute atomic E-state index is 0.0506. The van der Waals surface area contributed by atoms with Gasteiger partial charge < -0.3 is 10.1 Å². The van der Waals surface area contributed by atoms with E-state index in [4.69, 9.17) is 4.74 Å². The number of ether oxygens (including phenoxy) is 1. The second kappa shape index (κ2) is 8.04. The average molecular weight is 482 g/mol. The first-order chi connectivity index (χ1) is 16.2. The lowest BCUT2D eigenvalue weighted by atomic mass is 10.1. The first-order valence-corrected chi connectivity index (χ1v) is 10.2. The topological polar surface area (TPSA) is 85.4 Å². The van der Waals surface area contributed by atoms with Crippen molar-refractivity contribution in [2.75, 3.05) is 32.6 Å². The van der Waals surface area contributed by atoms with Crippen LogP contribution in [0.5, 0.6) is 5.88 Å². The number of methoxy groups -OCH3 is 1. The Bertz CT molecular complexity index is 1370. The molecule has 1 aliphatic heterocycles. The van der Waals surface area contributed by atoms with Gasteiger partial charge in [-0.05, 0) is 24.7 Å². The molecule has 0 bridgehead atoms. The van der Waals surface area contributed by atoms with E-state index in [1.807, 2.05) is 0 Å². The molecular weight excluding hydrogens is 463 g/mol. The van der Waals surface area contributed by atoms with Crippen LogP contribution in [0.15, 0.2) is 24.4 Å². The standard InChI is InChI=1S/C20H19F5N8O/c1-31-7-14(20(24,25)9-31)26-19-27-18(34-2)17-16(11(21)6-33(17)29-19)10-3-4-12-13(5-10)32(30-28-12)8-15(22)23/h3-6,14-15H,7-9H2,1-2H3,(H,26,29). The fraction of sp³-hybridized carbons (Fsp3) is 0.400. The lowest BCUT2D eigenvalue weighted by molar-refractivity contribution is 0.00582. The molecule has 1 N–H and O–H groups in total. The summed E-state index contributed by atoms with van der Waals surface area (Å²) in [6.07, 6.45) is -1.58. The Morgan fingerprint density at radius 3 is 2.76 bits per heavy atom. The highest BCUT2D eigenvalue weighted by molar-refractivity contribution is 5.89. The number of fused-ring (bicyclic) bond motifs is 2. The molecule has 9 nitrogen and oxygen atoms in total. The zero-order valence-electron chi connectivity index (χ0n) is 18.0. The third-order valence-corrected chi connectivity index (χ3v) is 5.65. The molecule has 5 rings (SSSR count). The van der Waals surface area contributed by atoms with Gasteiger partial charge in [0.05, 0.1) is 30.9 Å². The molecule has 1 saturated heterocycles. The zero-order chi connectivity index (χ0) is 24.2. The highest BCUT2D eigenvalue weighted by Crippen LogP contribution is 2.36. The Balaban J connectivity index is 1.58. The van der Waals surface area contributed by atoms with Crippen molar-refractivity contribution in [1.82, 2.24) is 34.5 Å². The minimum Gasteiger partial charge on any atom is -0.479 e. The van der Waals surface area contributed by atoms with Crippen LogP contribution in [-0.2, 0) is 6.54 Å². The molecule has 4 aromatic rings. The fourth-order valence-corrected chi connectivity index (χ4v) is 4.17. The van der Waals surface area contributed by atoms with Crippen LogP contribution >= 0.6 is 0 Å². The third kappa shape index (κ3) is 3.77. The van der Waals surface area contributed by atoms with E-state index in [9.17, 15) is 17.6 Å². The molecule has 4 heterocycles. The smallest absolute Gasteiger partial charge is 0.281 e. The molecule has 0 aliphatic carbocycles. The van der Waals surface area contributed by atoms with E-state index < -0.39 is 37.3 Å². The van der Waals surface area contributed by atoms with Gasteiger partial charge in [0.25, 0.3) is 12.3 Å². The molecule has 1 aromatic carbocycles. The summed E-state index contributed by atoms with van der Waals surface area (Å²) in [5, 5.41) is 14.3. The lowest BCUT2D eigenvalue weighted by Gasteiger charge is -2.19. The number of rotatable bonds is 6. The summed E-state index contributed by atoms with van der Waals surface area (Å²) in [4.78, 5) is 5.65. The predicted octanol–water partition coefficient (Wildman–Crippen LogP) is 2.92. The predicted molar refractivity (Wildman–Crippen MR) is 112 cm³/mol. The van der Waals surface area contributed by atoms with Gasteiger partial charge in [-0.15, -0.1) is 10.2 Å². The van der Waals surface area contributed by atoms with Crippen LogP contribution in [0.1, 0.15) is 0 Å². The Kier molecular flexibility index (Phi) is 5.26. The SMILES string of the molecule is COc1nc(NC2CN(C)CC2(F)F)nn2cc(F)c(-c3ccc4nnn(CC(F)F)c4c3)c12. The normalized spacial score (nSPS) is 18.4.